The minimum absolute atomic E-state index is 0.168. The number of nitrogens with zero attached hydrogens (tertiary/aromatic N) is 2. The van der Waals surface area contributed by atoms with Crippen molar-refractivity contribution in [2.75, 3.05) is 6.54 Å². The third-order valence-corrected chi connectivity index (χ3v) is 4.20. The molecule has 0 bridgehead atoms. The van der Waals surface area contributed by atoms with E-state index in [0.29, 0.717) is 5.25 Å². The first-order valence-corrected chi connectivity index (χ1v) is 7.36. The van der Waals surface area contributed by atoms with Gasteiger partial charge in [-0.05, 0) is 18.9 Å². The van der Waals surface area contributed by atoms with Crippen LogP contribution in [0, 0.1) is 0 Å². The molecule has 4 heteroatoms. The normalized spacial score (nSPS) is 19.6. The van der Waals surface area contributed by atoms with Gasteiger partial charge >= 0.3 is 0 Å². The molecule has 0 N–H and O–H groups in total. The zero-order valence-electron chi connectivity index (χ0n) is 11.2. The molecular formula is C14H20N2OS. The zero-order valence-corrected chi connectivity index (χ0v) is 12.0. The number of aromatic nitrogens is 1. The number of carbonyl (C=O) groups excluding carboxylic acids is 1. The van der Waals surface area contributed by atoms with Crippen molar-refractivity contribution in [2.24, 2.45) is 0 Å². The van der Waals surface area contributed by atoms with Crippen LogP contribution < -0.4 is 0 Å². The lowest BCUT2D eigenvalue weighted by molar-refractivity contribution is -0.129. The molecule has 1 aromatic rings. The largest absolute Gasteiger partial charge is 0.336 e. The monoisotopic (exact) mass is 264 g/mol. The molecule has 1 aliphatic heterocycles. The average Bonchev–Trinajstić information content (AvgIpc) is 2.77. The van der Waals surface area contributed by atoms with Gasteiger partial charge in [-0.25, -0.2) is 4.98 Å². The Balaban J connectivity index is 2.29. The molecule has 1 aromatic heterocycles. The molecule has 2 heterocycles. The van der Waals surface area contributed by atoms with Crippen molar-refractivity contribution in [3.8, 4) is 0 Å². The summed E-state index contributed by atoms with van der Waals surface area (Å²) < 4.78 is 0. The van der Waals surface area contributed by atoms with Crippen LogP contribution in [0.15, 0.2) is 23.4 Å². The summed E-state index contributed by atoms with van der Waals surface area (Å²) in [6, 6.07) is 4.30. The van der Waals surface area contributed by atoms with E-state index < -0.39 is 0 Å². The fraction of sp³-hybridized carbons (Fsp3) is 0.571. The third-order valence-electron chi connectivity index (χ3n) is 3.16. The van der Waals surface area contributed by atoms with Gasteiger partial charge in [0.15, 0.2) is 0 Å². The van der Waals surface area contributed by atoms with E-state index in [-0.39, 0.29) is 11.9 Å². The van der Waals surface area contributed by atoms with E-state index in [0.717, 1.165) is 24.4 Å². The first-order chi connectivity index (χ1) is 8.59. The summed E-state index contributed by atoms with van der Waals surface area (Å²) in [4.78, 5) is 18.1. The van der Waals surface area contributed by atoms with Crippen LogP contribution in [0.25, 0.3) is 0 Å². The first kappa shape index (κ1) is 13.4. The Hall–Kier alpha value is -1.03. The third kappa shape index (κ3) is 2.86. The Bertz CT molecular complexity index is 434. The van der Waals surface area contributed by atoms with Crippen molar-refractivity contribution in [2.45, 2.75) is 49.9 Å². The summed E-state index contributed by atoms with van der Waals surface area (Å²) >= 11 is 1.78. The number of hydrogen-bond acceptors (Lipinski definition) is 3. The molecular weight excluding hydrogens is 244 g/mol. The Morgan fingerprint density at radius 1 is 1.56 bits per heavy atom. The van der Waals surface area contributed by atoms with Crippen molar-refractivity contribution in [3.05, 3.63) is 23.9 Å². The van der Waals surface area contributed by atoms with E-state index in [4.69, 9.17) is 0 Å². The molecule has 2 rings (SSSR count). The van der Waals surface area contributed by atoms with Crippen LogP contribution in [0.2, 0.25) is 0 Å². The van der Waals surface area contributed by atoms with Gasteiger partial charge in [0, 0.05) is 30.5 Å². The Morgan fingerprint density at radius 3 is 3.00 bits per heavy atom. The molecule has 1 fully saturated rings. The van der Waals surface area contributed by atoms with E-state index in [1.165, 1.54) is 5.56 Å². The summed E-state index contributed by atoms with van der Waals surface area (Å²) in [7, 11) is 0. The van der Waals surface area contributed by atoms with Gasteiger partial charge < -0.3 is 4.90 Å². The van der Waals surface area contributed by atoms with E-state index in [2.05, 4.69) is 24.9 Å². The maximum atomic E-state index is 11.7. The van der Waals surface area contributed by atoms with E-state index in [1.54, 1.807) is 18.7 Å². The minimum atomic E-state index is 0.168. The number of rotatable bonds is 3. The first-order valence-electron chi connectivity index (χ1n) is 6.48. The maximum absolute atomic E-state index is 11.7. The quantitative estimate of drug-likeness (QED) is 0.786. The Kier molecular flexibility index (Phi) is 4.27. The van der Waals surface area contributed by atoms with Crippen molar-refractivity contribution >= 4 is 17.7 Å². The highest BCUT2D eigenvalue weighted by molar-refractivity contribution is 7.99. The highest BCUT2D eigenvalue weighted by Crippen LogP contribution is 2.37. The van der Waals surface area contributed by atoms with Gasteiger partial charge in [-0.2, -0.15) is 0 Å². The molecule has 0 radical (unpaired) electrons. The van der Waals surface area contributed by atoms with Gasteiger partial charge in [0.05, 0.1) is 6.04 Å². The van der Waals surface area contributed by atoms with Crippen LogP contribution in [0.3, 0.4) is 0 Å². The lowest BCUT2D eigenvalue weighted by atomic mass is 10.1. The van der Waals surface area contributed by atoms with E-state index >= 15 is 0 Å². The highest BCUT2D eigenvalue weighted by atomic mass is 32.2. The van der Waals surface area contributed by atoms with Gasteiger partial charge in [-0.15, -0.1) is 11.8 Å². The summed E-state index contributed by atoms with van der Waals surface area (Å²) in [6.07, 6.45) is 3.98. The molecule has 0 spiro atoms. The molecule has 1 saturated heterocycles. The number of carbonyl (C=O) groups is 1. The smallest absolute Gasteiger partial charge is 0.219 e. The zero-order chi connectivity index (χ0) is 13.1. The van der Waals surface area contributed by atoms with Gasteiger partial charge in [-0.1, -0.05) is 19.9 Å². The summed E-state index contributed by atoms with van der Waals surface area (Å²) in [5, 5.41) is 1.58. The predicted molar refractivity (Wildman–Crippen MR) is 74.6 cm³/mol. The van der Waals surface area contributed by atoms with Crippen LogP contribution in [-0.4, -0.2) is 27.6 Å². The fourth-order valence-corrected chi connectivity index (χ4v) is 3.35. The van der Waals surface area contributed by atoms with Crippen molar-refractivity contribution in [1.29, 1.82) is 0 Å². The van der Waals surface area contributed by atoms with Gasteiger partial charge in [-0.3, -0.25) is 4.79 Å². The van der Waals surface area contributed by atoms with Gasteiger partial charge in [0.25, 0.3) is 0 Å². The van der Waals surface area contributed by atoms with Gasteiger partial charge in [0.1, 0.15) is 5.03 Å². The molecule has 1 atom stereocenters. The number of amides is 1. The lowest BCUT2D eigenvalue weighted by Gasteiger charge is -2.25. The molecule has 0 aromatic carbocycles. The van der Waals surface area contributed by atoms with E-state index in [1.807, 2.05) is 17.2 Å². The van der Waals surface area contributed by atoms with Crippen molar-refractivity contribution in [1.82, 2.24) is 9.88 Å². The number of hydrogen-bond donors (Lipinski definition) is 0. The van der Waals surface area contributed by atoms with Crippen LogP contribution in [0.1, 0.15) is 45.2 Å². The minimum Gasteiger partial charge on any atom is -0.336 e. The SMILES string of the molecule is CC(=O)N1CCCC1c1cccnc1SC(C)C. The molecule has 0 saturated carbocycles. The summed E-state index contributed by atoms with van der Waals surface area (Å²) in [6.45, 7) is 6.87. The number of thioether (sulfide) groups is 1. The molecule has 1 amide bonds. The van der Waals surface area contributed by atoms with Crippen LogP contribution >= 0.6 is 11.8 Å². The van der Waals surface area contributed by atoms with Crippen molar-refractivity contribution in [3.63, 3.8) is 0 Å². The van der Waals surface area contributed by atoms with E-state index in [9.17, 15) is 4.79 Å². The average molecular weight is 264 g/mol. The number of likely N-dealkylation sites (tertiary alicyclic amines) is 1. The standard InChI is InChI=1S/C14H20N2OS/c1-10(2)18-14-12(6-4-8-15-14)13-7-5-9-16(13)11(3)17/h4,6,8,10,13H,5,7,9H2,1-3H3. The number of pyridine rings is 1. The molecule has 3 nitrogen and oxygen atoms in total. The summed E-state index contributed by atoms with van der Waals surface area (Å²) in [5.74, 6) is 0.168. The van der Waals surface area contributed by atoms with Crippen molar-refractivity contribution < 1.29 is 4.79 Å². The lowest BCUT2D eigenvalue weighted by Crippen LogP contribution is -2.28. The van der Waals surface area contributed by atoms with Crippen LogP contribution in [-0.2, 0) is 4.79 Å². The second-order valence-corrected chi connectivity index (χ2v) is 6.50. The molecule has 98 valence electrons. The Morgan fingerprint density at radius 2 is 2.33 bits per heavy atom. The fourth-order valence-electron chi connectivity index (χ4n) is 2.45. The van der Waals surface area contributed by atoms with Gasteiger partial charge in [0.2, 0.25) is 5.91 Å². The molecule has 18 heavy (non-hydrogen) atoms. The maximum Gasteiger partial charge on any atom is 0.219 e. The Labute approximate surface area is 113 Å². The van der Waals surface area contributed by atoms with Crippen LogP contribution in [0.5, 0.6) is 0 Å². The second kappa shape index (κ2) is 5.74. The van der Waals surface area contributed by atoms with Crippen LogP contribution in [0.4, 0.5) is 0 Å². The topological polar surface area (TPSA) is 33.2 Å². The second-order valence-electron chi connectivity index (χ2n) is 4.93. The molecule has 0 aliphatic carbocycles. The highest BCUT2D eigenvalue weighted by Gasteiger charge is 2.29. The summed E-state index contributed by atoms with van der Waals surface area (Å²) in [5.41, 5.74) is 1.21. The molecule has 1 aliphatic rings. The predicted octanol–water partition coefficient (Wildman–Crippen LogP) is 3.27. The molecule has 1 unspecified atom stereocenters.